The van der Waals surface area contributed by atoms with E-state index in [9.17, 15) is 0 Å². The lowest BCUT2D eigenvalue weighted by atomic mass is 9.88. The van der Waals surface area contributed by atoms with E-state index in [1.54, 1.807) is 0 Å². The minimum atomic E-state index is 0.254. The number of rotatable bonds is 8. The van der Waals surface area contributed by atoms with Crippen LogP contribution in [-0.2, 0) is 13.1 Å². The summed E-state index contributed by atoms with van der Waals surface area (Å²) in [6.45, 7) is 10.5. The molecule has 7 rings (SSSR count). The van der Waals surface area contributed by atoms with Gasteiger partial charge in [-0.2, -0.15) is 0 Å². The number of pyridine rings is 4. The van der Waals surface area contributed by atoms with Crippen LogP contribution in [0.2, 0.25) is 0 Å². The fourth-order valence-electron chi connectivity index (χ4n) is 8.28. The van der Waals surface area contributed by atoms with Crippen molar-refractivity contribution in [1.29, 1.82) is 0 Å². The van der Waals surface area contributed by atoms with Gasteiger partial charge >= 0.3 is 0 Å². The zero-order valence-corrected chi connectivity index (χ0v) is 28.9. The average Bonchev–Trinajstić information content (AvgIpc) is 3.11. The molecule has 0 spiro atoms. The maximum Gasteiger partial charge on any atom is 0.0604 e. The van der Waals surface area contributed by atoms with Crippen molar-refractivity contribution in [3.63, 3.8) is 0 Å². The first-order valence-corrected chi connectivity index (χ1v) is 17.7. The van der Waals surface area contributed by atoms with Gasteiger partial charge in [0.25, 0.3) is 0 Å². The molecule has 0 saturated carbocycles. The van der Waals surface area contributed by atoms with Crippen LogP contribution in [-0.4, -0.2) is 29.7 Å². The molecule has 4 aromatic heterocycles. The molecule has 6 nitrogen and oxygen atoms in total. The zero-order chi connectivity index (χ0) is 33.0. The lowest BCUT2D eigenvalue weighted by Gasteiger charge is -2.43. The normalized spacial score (nSPS) is 22.1. The second-order valence-electron chi connectivity index (χ2n) is 13.9. The fraction of sp³-hybridized carbons (Fsp3) is 0.381. The molecule has 2 saturated heterocycles. The number of benzene rings is 1. The van der Waals surface area contributed by atoms with Gasteiger partial charge in [-0.1, -0.05) is 48.5 Å². The van der Waals surface area contributed by atoms with Crippen LogP contribution < -0.4 is 0 Å². The number of piperidine rings is 2. The summed E-state index contributed by atoms with van der Waals surface area (Å²) in [5, 5.41) is 0. The molecule has 0 N–H and O–H groups in total. The summed E-state index contributed by atoms with van der Waals surface area (Å²) in [5.41, 5.74) is 12.5. The number of hydrogen-bond acceptors (Lipinski definition) is 6. The van der Waals surface area contributed by atoms with Gasteiger partial charge < -0.3 is 0 Å². The van der Waals surface area contributed by atoms with Crippen molar-refractivity contribution in [3.05, 3.63) is 154 Å². The van der Waals surface area contributed by atoms with Gasteiger partial charge in [0, 0.05) is 37.9 Å². The van der Waals surface area contributed by atoms with E-state index in [1.165, 1.54) is 69.0 Å². The van der Waals surface area contributed by atoms with Crippen LogP contribution in [0, 0.1) is 27.7 Å². The molecule has 2 aliphatic rings. The number of aromatic nitrogens is 4. The van der Waals surface area contributed by atoms with Gasteiger partial charge in [0.05, 0.1) is 46.9 Å². The standard InChI is InChI=1S/C42H48N6/c1-29-11-7-23-43-39(29)35-15-5-16-36(40-30(2)12-8-24-44-40)47(35)27-33-19-21-34(22-20-33)28-48-37(41-31(3)13-9-25-45-41)17-6-18-38(48)42-32(4)14-10-26-46-42/h7-14,19-26,35-38H,5-6,15-18,27-28H2,1-4H3/t35-,36+,37-,38+. The van der Waals surface area contributed by atoms with Gasteiger partial charge in [-0.05, 0) is 124 Å². The molecule has 2 aliphatic heterocycles. The van der Waals surface area contributed by atoms with Gasteiger partial charge in [0.15, 0.2) is 0 Å². The molecule has 0 amide bonds. The Kier molecular flexibility index (Phi) is 9.73. The molecule has 246 valence electrons. The van der Waals surface area contributed by atoms with E-state index in [0.717, 1.165) is 38.8 Å². The van der Waals surface area contributed by atoms with Crippen molar-refractivity contribution >= 4 is 0 Å². The van der Waals surface area contributed by atoms with Gasteiger partial charge in [-0.3, -0.25) is 29.7 Å². The zero-order valence-electron chi connectivity index (χ0n) is 28.9. The lowest BCUT2D eigenvalue weighted by Crippen LogP contribution is -2.38. The van der Waals surface area contributed by atoms with E-state index in [-0.39, 0.29) is 24.2 Å². The molecule has 6 heteroatoms. The molecule has 0 aliphatic carbocycles. The fourth-order valence-corrected chi connectivity index (χ4v) is 8.28. The first-order valence-electron chi connectivity index (χ1n) is 17.7. The Bertz CT molecular complexity index is 1590. The van der Waals surface area contributed by atoms with Crippen LogP contribution in [0.15, 0.2) is 97.6 Å². The monoisotopic (exact) mass is 636 g/mol. The average molecular weight is 637 g/mol. The SMILES string of the molecule is Cc1cccnc1[C@H]1CCC[C@@H](c2ncccc2C)N1Cc1ccc(CN2[C@@H](c3ncccc3C)CCC[C@H]2c2ncccc2C)cc1. The molecule has 0 radical (unpaired) electrons. The van der Waals surface area contributed by atoms with Crippen LogP contribution in [0.25, 0.3) is 0 Å². The second-order valence-corrected chi connectivity index (χ2v) is 13.9. The Hall–Kier alpha value is -4.26. The third-order valence-electron chi connectivity index (χ3n) is 10.7. The maximum atomic E-state index is 4.92. The number of nitrogens with zero attached hydrogens (tertiary/aromatic N) is 6. The minimum absolute atomic E-state index is 0.254. The number of hydrogen-bond donors (Lipinski definition) is 0. The third kappa shape index (κ3) is 6.69. The summed E-state index contributed by atoms with van der Waals surface area (Å²) in [5.74, 6) is 0. The highest BCUT2D eigenvalue weighted by atomic mass is 15.2. The van der Waals surface area contributed by atoms with Crippen molar-refractivity contribution in [2.75, 3.05) is 0 Å². The third-order valence-corrected chi connectivity index (χ3v) is 10.7. The molecule has 48 heavy (non-hydrogen) atoms. The molecule has 0 bridgehead atoms. The molecular weight excluding hydrogens is 589 g/mol. The van der Waals surface area contributed by atoms with E-state index in [1.807, 2.05) is 49.1 Å². The molecule has 1 aromatic carbocycles. The smallest absolute Gasteiger partial charge is 0.0604 e. The Morgan fingerprint density at radius 1 is 0.438 bits per heavy atom. The van der Waals surface area contributed by atoms with E-state index in [2.05, 4.69) is 86.0 Å². The molecule has 0 unspecified atom stereocenters. The Morgan fingerprint density at radius 3 is 0.958 bits per heavy atom. The minimum Gasteiger partial charge on any atom is -0.282 e. The van der Waals surface area contributed by atoms with E-state index in [0.29, 0.717) is 0 Å². The summed E-state index contributed by atoms with van der Waals surface area (Å²) < 4.78 is 0. The maximum absolute atomic E-state index is 4.92. The predicted molar refractivity (Wildman–Crippen MR) is 192 cm³/mol. The summed E-state index contributed by atoms with van der Waals surface area (Å²) in [7, 11) is 0. The van der Waals surface area contributed by atoms with Crippen LogP contribution in [0.5, 0.6) is 0 Å². The Labute approximate surface area is 286 Å². The highest BCUT2D eigenvalue weighted by molar-refractivity contribution is 5.30. The number of likely N-dealkylation sites (tertiary alicyclic amines) is 2. The summed E-state index contributed by atoms with van der Waals surface area (Å²) in [4.78, 5) is 25.0. The molecular formula is C42H48N6. The summed E-state index contributed by atoms with van der Waals surface area (Å²) >= 11 is 0. The number of aryl methyl sites for hydroxylation is 4. The van der Waals surface area contributed by atoms with Crippen LogP contribution in [0.4, 0.5) is 0 Å². The molecule has 2 fully saturated rings. The topological polar surface area (TPSA) is 58.0 Å². The van der Waals surface area contributed by atoms with Gasteiger partial charge in [-0.15, -0.1) is 0 Å². The quantitative estimate of drug-likeness (QED) is 0.169. The van der Waals surface area contributed by atoms with Crippen molar-refractivity contribution in [2.45, 2.75) is 103 Å². The van der Waals surface area contributed by atoms with Crippen molar-refractivity contribution in [3.8, 4) is 0 Å². The second kappa shape index (κ2) is 14.5. The van der Waals surface area contributed by atoms with Crippen LogP contribution in [0.3, 0.4) is 0 Å². The molecule has 5 aromatic rings. The largest absolute Gasteiger partial charge is 0.282 e. The first kappa shape index (κ1) is 32.3. The molecule has 4 atom stereocenters. The highest BCUT2D eigenvalue weighted by Crippen LogP contribution is 2.45. The first-order chi connectivity index (χ1) is 23.5. The van der Waals surface area contributed by atoms with Gasteiger partial charge in [0.2, 0.25) is 0 Å². The van der Waals surface area contributed by atoms with Gasteiger partial charge in [-0.25, -0.2) is 0 Å². The highest BCUT2D eigenvalue weighted by Gasteiger charge is 2.37. The van der Waals surface area contributed by atoms with Gasteiger partial charge in [0.1, 0.15) is 0 Å². The van der Waals surface area contributed by atoms with E-state index >= 15 is 0 Å². The van der Waals surface area contributed by atoms with E-state index < -0.39 is 0 Å². The predicted octanol–water partition coefficient (Wildman–Crippen LogP) is 9.44. The Balaban J connectivity index is 1.19. The molecule has 6 heterocycles. The van der Waals surface area contributed by atoms with Crippen molar-refractivity contribution in [2.24, 2.45) is 0 Å². The summed E-state index contributed by atoms with van der Waals surface area (Å²) in [6, 6.07) is 27.4. The van der Waals surface area contributed by atoms with Crippen molar-refractivity contribution < 1.29 is 0 Å². The summed E-state index contributed by atoms with van der Waals surface area (Å²) in [6.07, 6.45) is 14.6. The Morgan fingerprint density at radius 2 is 0.708 bits per heavy atom. The van der Waals surface area contributed by atoms with Crippen molar-refractivity contribution in [1.82, 2.24) is 29.7 Å². The van der Waals surface area contributed by atoms with E-state index in [4.69, 9.17) is 19.9 Å². The lowest BCUT2D eigenvalue weighted by molar-refractivity contribution is 0.0668. The van der Waals surface area contributed by atoms with Crippen LogP contribution >= 0.6 is 0 Å². The van der Waals surface area contributed by atoms with Crippen LogP contribution in [0.1, 0.15) is 119 Å².